The molecule has 1 atom stereocenters. The number of ether oxygens (including phenoxy) is 6. The first-order chi connectivity index (χ1) is 17.2. The Bertz CT molecular complexity index is 1320. The molecule has 0 amide bonds. The summed E-state index contributed by atoms with van der Waals surface area (Å²) in [4.78, 5) is 12.8. The zero-order chi connectivity index (χ0) is 23.9. The highest BCUT2D eigenvalue weighted by Gasteiger charge is 2.40. The number of esters is 1. The van der Waals surface area contributed by atoms with Gasteiger partial charge >= 0.3 is 5.97 Å². The normalized spacial score (nSPS) is 17.5. The number of benzene rings is 3. The Morgan fingerprint density at radius 1 is 0.914 bits per heavy atom. The lowest BCUT2D eigenvalue weighted by Gasteiger charge is -2.27. The Hall–Kier alpha value is -4.13. The van der Waals surface area contributed by atoms with Crippen LogP contribution in [0, 0.1) is 0 Å². The molecule has 178 valence electrons. The third kappa shape index (κ3) is 3.64. The van der Waals surface area contributed by atoms with Gasteiger partial charge in [-0.1, -0.05) is 30.3 Å². The average Bonchev–Trinajstić information content (AvgIpc) is 3.50. The molecule has 7 heteroatoms. The zero-order valence-electron chi connectivity index (χ0n) is 19.5. The summed E-state index contributed by atoms with van der Waals surface area (Å²) in [6.07, 6.45) is 0.635. The van der Waals surface area contributed by atoms with Crippen LogP contribution in [0.25, 0.3) is 0 Å². The van der Waals surface area contributed by atoms with Crippen molar-refractivity contribution in [2.75, 3.05) is 27.6 Å². The van der Waals surface area contributed by atoms with Gasteiger partial charge < -0.3 is 28.4 Å². The molecule has 1 aliphatic carbocycles. The third-order valence-corrected chi connectivity index (χ3v) is 6.66. The Morgan fingerprint density at radius 2 is 1.63 bits per heavy atom. The van der Waals surface area contributed by atoms with E-state index in [-0.39, 0.29) is 18.7 Å². The standard InChI is InChI=1S/C28H24O7/c1-30-23-10-18(11-24(31-2)27(23)32-13-16-6-4-3-5-7-16)25-20-12-22-21(34-15-35-22)9-17(20)8-19-14-33-28(29)26(19)25/h3-7,9-12,25H,8,13-15H2,1-2H3. The highest BCUT2D eigenvalue weighted by molar-refractivity contribution is 5.95. The van der Waals surface area contributed by atoms with E-state index >= 15 is 0 Å². The van der Waals surface area contributed by atoms with E-state index in [0.717, 1.165) is 33.6 Å². The van der Waals surface area contributed by atoms with E-state index in [1.165, 1.54) is 0 Å². The smallest absolute Gasteiger partial charge is 0.335 e. The van der Waals surface area contributed by atoms with Crippen LogP contribution in [0.1, 0.15) is 28.2 Å². The Balaban J connectivity index is 1.45. The topological polar surface area (TPSA) is 72.5 Å². The highest BCUT2D eigenvalue weighted by atomic mass is 16.7. The second-order valence-corrected chi connectivity index (χ2v) is 8.64. The summed E-state index contributed by atoms with van der Waals surface area (Å²) >= 11 is 0. The Kier molecular flexibility index (Phi) is 5.25. The van der Waals surface area contributed by atoms with Gasteiger partial charge in [0.1, 0.15) is 13.2 Å². The van der Waals surface area contributed by atoms with Crippen LogP contribution in [-0.4, -0.2) is 33.6 Å². The summed E-state index contributed by atoms with van der Waals surface area (Å²) in [5.41, 5.74) is 5.58. The monoisotopic (exact) mass is 472 g/mol. The van der Waals surface area contributed by atoms with E-state index < -0.39 is 0 Å². The van der Waals surface area contributed by atoms with Crippen LogP contribution < -0.4 is 23.7 Å². The number of fused-ring (bicyclic) bond motifs is 2. The van der Waals surface area contributed by atoms with Crippen molar-refractivity contribution in [1.29, 1.82) is 0 Å². The lowest BCUT2D eigenvalue weighted by Crippen LogP contribution is -2.18. The van der Waals surface area contributed by atoms with E-state index in [1.54, 1.807) is 14.2 Å². The number of methoxy groups -OCH3 is 2. The fraction of sp³-hybridized carbons (Fsp3) is 0.250. The van der Waals surface area contributed by atoms with E-state index in [1.807, 2.05) is 54.6 Å². The Morgan fingerprint density at radius 3 is 2.34 bits per heavy atom. The van der Waals surface area contributed by atoms with Gasteiger partial charge in [-0.15, -0.1) is 0 Å². The van der Waals surface area contributed by atoms with Crippen LogP contribution in [0.4, 0.5) is 0 Å². The molecule has 0 bridgehead atoms. The second-order valence-electron chi connectivity index (χ2n) is 8.64. The van der Waals surface area contributed by atoms with Crippen LogP contribution in [-0.2, 0) is 22.6 Å². The predicted octanol–water partition coefficient (Wildman–Crippen LogP) is 4.55. The molecular weight excluding hydrogens is 448 g/mol. The average molecular weight is 472 g/mol. The van der Waals surface area contributed by atoms with E-state index in [2.05, 4.69) is 0 Å². The number of hydrogen-bond donors (Lipinski definition) is 0. The molecule has 0 aromatic heterocycles. The lowest BCUT2D eigenvalue weighted by atomic mass is 9.75. The first-order valence-corrected chi connectivity index (χ1v) is 11.4. The molecule has 2 aliphatic heterocycles. The predicted molar refractivity (Wildman–Crippen MR) is 126 cm³/mol. The summed E-state index contributed by atoms with van der Waals surface area (Å²) in [5, 5.41) is 0. The minimum atomic E-state index is -0.357. The summed E-state index contributed by atoms with van der Waals surface area (Å²) < 4.78 is 34.3. The fourth-order valence-electron chi connectivity index (χ4n) is 5.01. The van der Waals surface area contributed by atoms with Crippen molar-refractivity contribution in [3.8, 4) is 28.7 Å². The van der Waals surface area contributed by atoms with Gasteiger partial charge in [0.25, 0.3) is 0 Å². The van der Waals surface area contributed by atoms with Gasteiger partial charge in [-0.05, 0) is 58.5 Å². The van der Waals surface area contributed by atoms with E-state index in [4.69, 9.17) is 28.4 Å². The number of carbonyl (C=O) groups excluding carboxylic acids is 1. The fourth-order valence-corrected chi connectivity index (χ4v) is 5.01. The molecule has 2 heterocycles. The molecule has 0 saturated carbocycles. The lowest BCUT2D eigenvalue weighted by molar-refractivity contribution is -0.136. The van der Waals surface area contributed by atoms with Crippen molar-refractivity contribution in [2.45, 2.75) is 18.9 Å². The largest absolute Gasteiger partial charge is 0.493 e. The summed E-state index contributed by atoms with van der Waals surface area (Å²) in [6, 6.07) is 17.7. The van der Waals surface area contributed by atoms with Crippen LogP contribution in [0.5, 0.6) is 28.7 Å². The Labute approximate surface area is 202 Å². The zero-order valence-corrected chi connectivity index (χ0v) is 19.5. The highest BCUT2D eigenvalue weighted by Crippen LogP contribution is 2.50. The molecule has 1 unspecified atom stereocenters. The third-order valence-electron chi connectivity index (χ3n) is 6.66. The number of hydrogen-bond acceptors (Lipinski definition) is 7. The van der Waals surface area contributed by atoms with Gasteiger partial charge in [-0.3, -0.25) is 0 Å². The van der Waals surface area contributed by atoms with Gasteiger partial charge in [0.15, 0.2) is 23.0 Å². The van der Waals surface area contributed by atoms with Crippen molar-refractivity contribution >= 4 is 5.97 Å². The van der Waals surface area contributed by atoms with Crippen LogP contribution >= 0.6 is 0 Å². The summed E-state index contributed by atoms with van der Waals surface area (Å²) in [7, 11) is 3.19. The number of cyclic esters (lactones) is 1. The first-order valence-electron chi connectivity index (χ1n) is 11.4. The van der Waals surface area contributed by atoms with Crippen molar-refractivity contribution in [2.24, 2.45) is 0 Å². The minimum absolute atomic E-state index is 0.188. The quantitative estimate of drug-likeness (QED) is 0.487. The van der Waals surface area contributed by atoms with Gasteiger partial charge in [0.05, 0.1) is 19.8 Å². The maximum Gasteiger partial charge on any atom is 0.335 e. The summed E-state index contributed by atoms with van der Waals surface area (Å²) in [5.74, 6) is 2.29. The van der Waals surface area contributed by atoms with Gasteiger partial charge in [0.2, 0.25) is 12.5 Å². The SMILES string of the molecule is COc1cc(C2C3=C(COC3=O)Cc3cc4c(cc32)OCO4)cc(OC)c1OCc1ccccc1. The minimum Gasteiger partial charge on any atom is -0.493 e. The van der Waals surface area contributed by atoms with E-state index in [9.17, 15) is 4.79 Å². The molecule has 3 aromatic carbocycles. The molecule has 3 aromatic rings. The van der Waals surface area contributed by atoms with Crippen molar-refractivity contribution < 1.29 is 33.2 Å². The van der Waals surface area contributed by atoms with Crippen LogP contribution in [0.2, 0.25) is 0 Å². The number of rotatable bonds is 6. The molecule has 0 N–H and O–H groups in total. The van der Waals surface area contributed by atoms with Gasteiger partial charge in [0, 0.05) is 5.92 Å². The van der Waals surface area contributed by atoms with Crippen molar-refractivity contribution in [1.82, 2.24) is 0 Å². The maximum absolute atomic E-state index is 12.8. The van der Waals surface area contributed by atoms with E-state index in [0.29, 0.717) is 48.2 Å². The molecule has 7 nitrogen and oxygen atoms in total. The molecule has 0 spiro atoms. The molecule has 3 aliphatic rings. The van der Waals surface area contributed by atoms with Gasteiger partial charge in [-0.2, -0.15) is 0 Å². The van der Waals surface area contributed by atoms with Crippen molar-refractivity contribution in [3.05, 3.63) is 88.0 Å². The summed E-state index contributed by atoms with van der Waals surface area (Å²) in [6.45, 7) is 0.850. The molecule has 0 saturated heterocycles. The molecule has 0 radical (unpaired) electrons. The second kappa shape index (κ2) is 8.58. The van der Waals surface area contributed by atoms with Gasteiger partial charge in [-0.25, -0.2) is 4.79 Å². The maximum atomic E-state index is 12.8. The molecule has 35 heavy (non-hydrogen) atoms. The number of carbonyl (C=O) groups is 1. The van der Waals surface area contributed by atoms with Crippen molar-refractivity contribution in [3.63, 3.8) is 0 Å². The molecule has 6 rings (SSSR count). The van der Waals surface area contributed by atoms with Crippen LogP contribution in [0.3, 0.4) is 0 Å². The molecule has 0 fully saturated rings. The first kappa shape index (κ1) is 21.4. The van der Waals surface area contributed by atoms with Crippen LogP contribution in [0.15, 0.2) is 65.7 Å². The molecular formula is C28H24O7.